The van der Waals surface area contributed by atoms with E-state index in [-0.39, 0.29) is 0 Å². The summed E-state index contributed by atoms with van der Waals surface area (Å²) in [7, 11) is 0. The molecule has 0 radical (unpaired) electrons. The standard InChI is InChI=1S/C66H114N2/c1-7-13-19-21-22-23-24-25-26-27-28-29-30-31-32-33-34-35-36-37-38-39-40-41-42-43-44-46-52-66(68-64-57-61(49-17-11-5)54-62(58-64)50-18-12-6)65(51-45-20-14-8-2)67-63-55-59(47-15-9-3)53-60(56-63)48-16-10-4/h46,52-58H,7-45,47-51H2,1-6H3/b52-46+,67-65?,68-66?. The number of allylic oxidation sites excluding steroid dienone is 2. The number of aliphatic imine (C=N–C) groups is 2. The van der Waals surface area contributed by atoms with Crippen LogP contribution in [0.3, 0.4) is 0 Å². The summed E-state index contributed by atoms with van der Waals surface area (Å²) in [6, 6.07) is 14.4. The van der Waals surface area contributed by atoms with Crippen molar-refractivity contribution in [3.05, 3.63) is 70.8 Å². The van der Waals surface area contributed by atoms with E-state index in [4.69, 9.17) is 9.98 Å². The number of aryl methyl sites for hydroxylation is 4. The normalized spacial score (nSPS) is 12.3. The summed E-state index contributed by atoms with van der Waals surface area (Å²) in [5.41, 5.74) is 10.3. The van der Waals surface area contributed by atoms with E-state index in [1.54, 1.807) is 0 Å². The Morgan fingerprint density at radius 1 is 0.309 bits per heavy atom. The molecular weight excluding hydrogens is 821 g/mol. The average molecular weight is 936 g/mol. The Bertz CT molecular complexity index is 1470. The lowest BCUT2D eigenvalue weighted by molar-refractivity contribution is 0.515. The van der Waals surface area contributed by atoms with Gasteiger partial charge in [-0.2, -0.15) is 0 Å². The molecule has 0 unspecified atom stereocenters. The van der Waals surface area contributed by atoms with Gasteiger partial charge >= 0.3 is 0 Å². The first-order chi connectivity index (χ1) is 33.6. The number of unbranched alkanes of at least 4 members (excludes halogenated alkanes) is 33. The second kappa shape index (κ2) is 45.6. The Morgan fingerprint density at radius 2 is 0.588 bits per heavy atom. The zero-order chi connectivity index (χ0) is 48.8. The SMILES string of the molecule is CCCCCCCCCCCCCCCCCCCCCCCCCCCC/C=C/C(=Nc1cc(CCCC)cc(CCCC)c1)C(CCCCCC)=Nc1cc(CCCC)cc(CCCC)c1. The van der Waals surface area contributed by atoms with E-state index in [1.807, 2.05) is 0 Å². The van der Waals surface area contributed by atoms with Crippen molar-refractivity contribution >= 4 is 22.8 Å². The van der Waals surface area contributed by atoms with Gasteiger partial charge in [0.05, 0.1) is 22.8 Å². The van der Waals surface area contributed by atoms with Gasteiger partial charge in [-0.15, -0.1) is 0 Å². The highest BCUT2D eigenvalue weighted by molar-refractivity contribution is 6.47. The fraction of sp³-hybridized carbons (Fsp3) is 0.758. The summed E-state index contributed by atoms with van der Waals surface area (Å²) in [5.74, 6) is 0. The molecule has 0 N–H and O–H groups in total. The molecular formula is C66H114N2. The molecule has 68 heavy (non-hydrogen) atoms. The Labute approximate surface area is 425 Å². The van der Waals surface area contributed by atoms with Crippen LogP contribution in [0.15, 0.2) is 58.5 Å². The van der Waals surface area contributed by atoms with Crippen LogP contribution in [-0.2, 0) is 25.7 Å². The summed E-state index contributed by atoms with van der Waals surface area (Å²) >= 11 is 0. The fourth-order valence-corrected chi connectivity index (χ4v) is 9.94. The zero-order valence-electron chi connectivity index (χ0n) is 46.6. The number of benzene rings is 2. The lowest BCUT2D eigenvalue weighted by atomic mass is 10.00. The Balaban J connectivity index is 1.91. The van der Waals surface area contributed by atoms with Crippen LogP contribution in [0.25, 0.3) is 0 Å². The van der Waals surface area contributed by atoms with Gasteiger partial charge in [0.25, 0.3) is 0 Å². The van der Waals surface area contributed by atoms with Crippen LogP contribution >= 0.6 is 0 Å². The third-order valence-corrected chi connectivity index (χ3v) is 14.4. The van der Waals surface area contributed by atoms with Gasteiger partial charge in [0.2, 0.25) is 0 Å². The van der Waals surface area contributed by atoms with Gasteiger partial charge in [-0.25, -0.2) is 4.99 Å². The molecule has 0 saturated heterocycles. The highest BCUT2D eigenvalue weighted by Crippen LogP contribution is 2.26. The number of hydrogen-bond donors (Lipinski definition) is 0. The monoisotopic (exact) mass is 935 g/mol. The van der Waals surface area contributed by atoms with Crippen molar-refractivity contribution in [2.45, 2.75) is 324 Å². The van der Waals surface area contributed by atoms with Crippen LogP contribution in [0, 0.1) is 0 Å². The van der Waals surface area contributed by atoms with Gasteiger partial charge in [-0.1, -0.05) is 265 Å². The van der Waals surface area contributed by atoms with Crippen molar-refractivity contribution in [1.82, 2.24) is 0 Å². The molecule has 0 aliphatic rings. The molecule has 0 aliphatic carbocycles. The zero-order valence-corrected chi connectivity index (χ0v) is 46.6. The van der Waals surface area contributed by atoms with E-state index < -0.39 is 0 Å². The Hall–Kier alpha value is -2.48. The molecule has 0 bridgehead atoms. The average Bonchev–Trinajstić information content (AvgIpc) is 3.35. The molecule has 2 nitrogen and oxygen atoms in total. The number of hydrogen-bond acceptors (Lipinski definition) is 2. The number of nitrogens with zero attached hydrogens (tertiary/aromatic N) is 2. The molecule has 2 aromatic rings. The molecule has 2 aromatic carbocycles. The second-order valence-electron chi connectivity index (χ2n) is 21.3. The first-order valence-electron chi connectivity index (χ1n) is 30.6. The smallest absolute Gasteiger partial charge is 0.0848 e. The van der Waals surface area contributed by atoms with Crippen LogP contribution in [0.2, 0.25) is 0 Å². The minimum atomic E-state index is 0.977. The first kappa shape index (κ1) is 61.6. The van der Waals surface area contributed by atoms with E-state index in [9.17, 15) is 0 Å². The van der Waals surface area contributed by atoms with Crippen LogP contribution in [-0.4, -0.2) is 11.4 Å². The molecule has 0 amide bonds. The van der Waals surface area contributed by atoms with Crippen molar-refractivity contribution in [3.63, 3.8) is 0 Å². The van der Waals surface area contributed by atoms with Crippen LogP contribution < -0.4 is 0 Å². The van der Waals surface area contributed by atoms with Gasteiger partial charge in [0.15, 0.2) is 0 Å². The topological polar surface area (TPSA) is 24.7 Å². The molecule has 0 aromatic heterocycles. The summed E-state index contributed by atoms with van der Waals surface area (Å²) in [6.45, 7) is 13.8. The first-order valence-corrected chi connectivity index (χ1v) is 30.6. The molecule has 388 valence electrons. The predicted octanol–water partition coefficient (Wildman–Crippen LogP) is 23.0. The van der Waals surface area contributed by atoms with Crippen molar-refractivity contribution in [2.75, 3.05) is 0 Å². The molecule has 2 rings (SSSR count). The third kappa shape index (κ3) is 33.9. The fourth-order valence-electron chi connectivity index (χ4n) is 9.94. The summed E-state index contributed by atoms with van der Waals surface area (Å²) in [4.78, 5) is 11.2. The summed E-state index contributed by atoms with van der Waals surface area (Å²) in [6.07, 6.45) is 63.6. The quantitative estimate of drug-likeness (QED) is 0.0467. The molecule has 2 heteroatoms. The Kier molecular flexibility index (Phi) is 41.4. The van der Waals surface area contributed by atoms with Crippen molar-refractivity contribution in [1.29, 1.82) is 0 Å². The van der Waals surface area contributed by atoms with Gasteiger partial charge in [0, 0.05) is 0 Å². The highest BCUT2D eigenvalue weighted by Gasteiger charge is 2.12. The van der Waals surface area contributed by atoms with Crippen LogP contribution in [0.1, 0.15) is 321 Å². The molecule has 0 saturated carbocycles. The maximum atomic E-state index is 5.59. The third-order valence-electron chi connectivity index (χ3n) is 14.4. The molecule has 0 spiro atoms. The molecule has 0 atom stereocenters. The van der Waals surface area contributed by atoms with E-state index in [0.717, 1.165) is 62.0 Å². The number of rotatable bonds is 48. The van der Waals surface area contributed by atoms with E-state index >= 15 is 0 Å². The van der Waals surface area contributed by atoms with Crippen LogP contribution in [0.4, 0.5) is 11.4 Å². The maximum absolute atomic E-state index is 5.59. The van der Waals surface area contributed by atoms with E-state index in [0.29, 0.717) is 0 Å². The van der Waals surface area contributed by atoms with E-state index in [2.05, 4.69) is 90.1 Å². The summed E-state index contributed by atoms with van der Waals surface area (Å²) in [5, 5.41) is 0. The van der Waals surface area contributed by atoms with Crippen molar-refractivity contribution in [2.24, 2.45) is 9.98 Å². The maximum Gasteiger partial charge on any atom is 0.0848 e. The largest absolute Gasteiger partial charge is 0.251 e. The van der Waals surface area contributed by atoms with Gasteiger partial charge < -0.3 is 0 Å². The predicted molar refractivity (Wildman–Crippen MR) is 310 cm³/mol. The summed E-state index contributed by atoms with van der Waals surface area (Å²) < 4.78 is 0. The van der Waals surface area contributed by atoms with Gasteiger partial charge in [0.1, 0.15) is 0 Å². The van der Waals surface area contributed by atoms with Crippen molar-refractivity contribution in [3.8, 4) is 0 Å². The minimum absolute atomic E-state index is 0.977. The minimum Gasteiger partial charge on any atom is -0.251 e. The molecule has 0 heterocycles. The van der Waals surface area contributed by atoms with Crippen LogP contribution in [0.5, 0.6) is 0 Å². The highest BCUT2D eigenvalue weighted by atomic mass is 14.8. The van der Waals surface area contributed by atoms with Gasteiger partial charge in [-0.05, 0) is 130 Å². The molecule has 0 aliphatic heterocycles. The second-order valence-corrected chi connectivity index (χ2v) is 21.3. The van der Waals surface area contributed by atoms with Crippen molar-refractivity contribution < 1.29 is 0 Å². The lowest BCUT2D eigenvalue weighted by Gasteiger charge is -2.12. The molecule has 0 fully saturated rings. The lowest BCUT2D eigenvalue weighted by Crippen LogP contribution is -2.12. The van der Waals surface area contributed by atoms with E-state index in [1.165, 1.54) is 266 Å². The Morgan fingerprint density at radius 3 is 0.912 bits per heavy atom. The van der Waals surface area contributed by atoms with Gasteiger partial charge in [-0.3, -0.25) is 4.99 Å².